The van der Waals surface area contributed by atoms with E-state index in [9.17, 15) is 4.79 Å². The molecule has 0 bridgehead atoms. The molecule has 1 unspecified atom stereocenters. The lowest BCUT2D eigenvalue weighted by Gasteiger charge is -2.30. The summed E-state index contributed by atoms with van der Waals surface area (Å²) in [6, 6.07) is 7.68. The van der Waals surface area contributed by atoms with Gasteiger partial charge in [0, 0.05) is 25.2 Å². The van der Waals surface area contributed by atoms with Crippen molar-refractivity contribution in [2.24, 2.45) is 0 Å². The van der Waals surface area contributed by atoms with Crippen molar-refractivity contribution in [1.82, 2.24) is 9.80 Å². The van der Waals surface area contributed by atoms with E-state index < -0.39 is 0 Å². The van der Waals surface area contributed by atoms with E-state index in [0.717, 1.165) is 18.7 Å². The van der Waals surface area contributed by atoms with Crippen LogP contribution in [0.5, 0.6) is 0 Å². The highest BCUT2D eigenvalue weighted by atomic mass is 35.5. The second-order valence-electron chi connectivity index (χ2n) is 5.12. The summed E-state index contributed by atoms with van der Waals surface area (Å²) >= 11 is 5.89. The summed E-state index contributed by atoms with van der Waals surface area (Å²) in [5.41, 5.74) is 1.09. The van der Waals surface area contributed by atoms with E-state index in [0.29, 0.717) is 24.8 Å². The number of nitrogens with zero attached hydrogens (tertiary/aromatic N) is 2. The number of likely N-dealkylation sites (N-methyl/N-ethyl adjacent to an activating group) is 1. The Morgan fingerprint density at radius 3 is 2.55 bits per heavy atom. The first-order valence-electron chi connectivity index (χ1n) is 6.89. The van der Waals surface area contributed by atoms with Gasteiger partial charge in [-0.3, -0.25) is 9.69 Å². The molecule has 1 aromatic carbocycles. The number of carbonyl (C=O) groups excluding carboxylic acids is 1. The van der Waals surface area contributed by atoms with Gasteiger partial charge in [-0.2, -0.15) is 0 Å². The van der Waals surface area contributed by atoms with Crippen LogP contribution in [-0.4, -0.2) is 55.6 Å². The van der Waals surface area contributed by atoms with Gasteiger partial charge >= 0.3 is 0 Å². The van der Waals surface area contributed by atoms with E-state index >= 15 is 0 Å². The maximum Gasteiger partial charge on any atom is 0.236 e. The average molecular weight is 297 g/mol. The molecule has 1 heterocycles. The molecule has 1 fully saturated rings. The van der Waals surface area contributed by atoms with Crippen LogP contribution in [0.1, 0.15) is 18.5 Å². The highest BCUT2D eigenvalue weighted by Gasteiger charge is 2.21. The van der Waals surface area contributed by atoms with Gasteiger partial charge in [0.15, 0.2) is 0 Å². The lowest BCUT2D eigenvalue weighted by Crippen LogP contribution is -2.44. The standard InChI is InChI=1S/C15H21ClN2O2/c1-12(13-3-5-14(16)6-4-13)17(2)15(19)11-18-7-9-20-10-8-18/h3-6,12H,7-11H2,1-2H3. The largest absolute Gasteiger partial charge is 0.379 e. The molecule has 0 N–H and O–H groups in total. The Kier molecular flexibility index (Phi) is 5.40. The normalized spacial score (nSPS) is 17.8. The van der Waals surface area contributed by atoms with E-state index in [1.165, 1.54) is 0 Å². The quantitative estimate of drug-likeness (QED) is 0.854. The van der Waals surface area contributed by atoms with Crippen molar-refractivity contribution >= 4 is 17.5 Å². The molecule has 1 aromatic rings. The molecule has 0 aromatic heterocycles. The van der Waals surface area contributed by atoms with Crippen LogP contribution in [0.15, 0.2) is 24.3 Å². The summed E-state index contributed by atoms with van der Waals surface area (Å²) in [5.74, 6) is 0.134. The Morgan fingerprint density at radius 1 is 1.35 bits per heavy atom. The predicted octanol–water partition coefficient (Wildman–Crippen LogP) is 2.19. The molecule has 5 heteroatoms. The SMILES string of the molecule is CC(c1ccc(Cl)cc1)N(C)C(=O)CN1CCOCC1. The van der Waals surface area contributed by atoms with Crippen molar-refractivity contribution in [2.75, 3.05) is 39.9 Å². The first kappa shape index (κ1) is 15.3. The molecule has 1 atom stereocenters. The predicted molar refractivity (Wildman–Crippen MR) is 79.9 cm³/mol. The third-order valence-electron chi connectivity index (χ3n) is 3.79. The lowest BCUT2D eigenvalue weighted by atomic mass is 10.1. The van der Waals surface area contributed by atoms with Gasteiger partial charge in [0.1, 0.15) is 0 Å². The molecule has 0 aliphatic carbocycles. The van der Waals surface area contributed by atoms with Crippen LogP contribution in [0.4, 0.5) is 0 Å². The number of amides is 1. The Hall–Kier alpha value is -1.10. The zero-order valence-electron chi connectivity index (χ0n) is 12.0. The number of halogens is 1. The summed E-state index contributed by atoms with van der Waals surface area (Å²) in [7, 11) is 1.85. The number of hydrogen-bond acceptors (Lipinski definition) is 3. The highest BCUT2D eigenvalue weighted by molar-refractivity contribution is 6.30. The zero-order chi connectivity index (χ0) is 14.5. The van der Waals surface area contributed by atoms with E-state index in [-0.39, 0.29) is 11.9 Å². The third-order valence-corrected chi connectivity index (χ3v) is 4.04. The minimum absolute atomic E-state index is 0.0424. The zero-order valence-corrected chi connectivity index (χ0v) is 12.8. The molecule has 2 rings (SSSR count). The third kappa shape index (κ3) is 3.95. The first-order valence-corrected chi connectivity index (χ1v) is 7.27. The summed E-state index contributed by atoms with van der Waals surface area (Å²) in [6.07, 6.45) is 0. The molecule has 1 aliphatic rings. The second kappa shape index (κ2) is 7.07. The Bertz CT molecular complexity index is 444. The van der Waals surface area contributed by atoms with Gasteiger partial charge in [-0.1, -0.05) is 23.7 Å². The second-order valence-corrected chi connectivity index (χ2v) is 5.56. The van der Waals surface area contributed by atoms with Crippen LogP contribution < -0.4 is 0 Å². The van der Waals surface area contributed by atoms with Gasteiger partial charge in [-0.25, -0.2) is 0 Å². The smallest absolute Gasteiger partial charge is 0.236 e. The van der Waals surface area contributed by atoms with Crippen LogP contribution in [0.25, 0.3) is 0 Å². The van der Waals surface area contributed by atoms with Crippen LogP contribution in [0, 0.1) is 0 Å². The van der Waals surface area contributed by atoms with Crippen molar-refractivity contribution in [3.63, 3.8) is 0 Å². The summed E-state index contributed by atoms with van der Waals surface area (Å²) < 4.78 is 5.29. The fourth-order valence-corrected chi connectivity index (χ4v) is 2.37. The van der Waals surface area contributed by atoms with Crippen molar-refractivity contribution in [1.29, 1.82) is 0 Å². The lowest BCUT2D eigenvalue weighted by molar-refractivity contribution is -0.134. The van der Waals surface area contributed by atoms with Crippen molar-refractivity contribution in [2.45, 2.75) is 13.0 Å². The molecule has 0 spiro atoms. The number of benzene rings is 1. The van der Waals surface area contributed by atoms with E-state index in [2.05, 4.69) is 4.90 Å². The molecule has 0 radical (unpaired) electrons. The highest BCUT2D eigenvalue weighted by Crippen LogP contribution is 2.21. The number of ether oxygens (including phenoxy) is 1. The summed E-state index contributed by atoms with van der Waals surface area (Å²) in [4.78, 5) is 16.2. The van der Waals surface area contributed by atoms with Gasteiger partial charge in [0.05, 0.1) is 25.8 Å². The molecule has 1 saturated heterocycles. The molecule has 1 aliphatic heterocycles. The number of rotatable bonds is 4. The van der Waals surface area contributed by atoms with Gasteiger partial charge in [0.2, 0.25) is 5.91 Å². The maximum atomic E-state index is 12.3. The van der Waals surface area contributed by atoms with Gasteiger partial charge in [-0.15, -0.1) is 0 Å². The topological polar surface area (TPSA) is 32.8 Å². The molecule has 20 heavy (non-hydrogen) atoms. The van der Waals surface area contributed by atoms with E-state index in [1.807, 2.05) is 38.2 Å². The van der Waals surface area contributed by atoms with Crippen LogP contribution >= 0.6 is 11.6 Å². The molecule has 4 nitrogen and oxygen atoms in total. The van der Waals surface area contributed by atoms with Crippen LogP contribution in [0.2, 0.25) is 5.02 Å². The number of hydrogen-bond donors (Lipinski definition) is 0. The Labute approximate surface area is 125 Å². The average Bonchev–Trinajstić information content (AvgIpc) is 2.47. The first-order chi connectivity index (χ1) is 9.58. The fourth-order valence-electron chi connectivity index (χ4n) is 2.24. The molecule has 110 valence electrons. The molecular formula is C15H21ClN2O2. The Balaban J connectivity index is 1.93. The van der Waals surface area contributed by atoms with Gasteiger partial charge < -0.3 is 9.64 Å². The molecular weight excluding hydrogens is 276 g/mol. The van der Waals surface area contributed by atoms with Crippen LogP contribution in [0.3, 0.4) is 0 Å². The summed E-state index contributed by atoms with van der Waals surface area (Å²) in [6.45, 7) is 5.56. The van der Waals surface area contributed by atoms with Gasteiger partial charge in [-0.05, 0) is 24.6 Å². The van der Waals surface area contributed by atoms with Crippen molar-refractivity contribution in [3.8, 4) is 0 Å². The fraction of sp³-hybridized carbons (Fsp3) is 0.533. The van der Waals surface area contributed by atoms with Crippen molar-refractivity contribution in [3.05, 3.63) is 34.9 Å². The maximum absolute atomic E-state index is 12.3. The monoisotopic (exact) mass is 296 g/mol. The Morgan fingerprint density at radius 2 is 1.95 bits per heavy atom. The summed E-state index contributed by atoms with van der Waals surface area (Å²) in [5, 5.41) is 0.711. The van der Waals surface area contributed by atoms with Crippen LogP contribution in [-0.2, 0) is 9.53 Å². The van der Waals surface area contributed by atoms with E-state index in [4.69, 9.17) is 16.3 Å². The van der Waals surface area contributed by atoms with Gasteiger partial charge in [0.25, 0.3) is 0 Å². The molecule has 1 amide bonds. The van der Waals surface area contributed by atoms with Crippen molar-refractivity contribution < 1.29 is 9.53 Å². The molecule has 0 saturated carbocycles. The number of carbonyl (C=O) groups is 1. The van der Waals surface area contributed by atoms with E-state index in [1.54, 1.807) is 4.90 Å². The minimum Gasteiger partial charge on any atom is -0.379 e. The minimum atomic E-state index is 0.0424. The number of morpholine rings is 1.